The Labute approximate surface area is 99.4 Å². The van der Waals surface area contributed by atoms with Crippen LogP contribution in [0.15, 0.2) is 48.7 Å². The third-order valence-electron chi connectivity index (χ3n) is 2.44. The lowest BCUT2D eigenvalue weighted by atomic mass is 10.1. The highest BCUT2D eigenvalue weighted by atomic mass is 16.5. The van der Waals surface area contributed by atoms with E-state index in [0.717, 1.165) is 11.1 Å². The molecular formula is C14H13NO2. The second-order valence-corrected chi connectivity index (χ2v) is 3.53. The molecule has 0 spiro atoms. The Morgan fingerprint density at radius 1 is 1.29 bits per heavy atom. The first kappa shape index (κ1) is 11.2. The maximum absolute atomic E-state index is 10.8. The van der Waals surface area contributed by atoms with Gasteiger partial charge in [-0.3, -0.25) is 0 Å². The van der Waals surface area contributed by atoms with Gasteiger partial charge in [0.15, 0.2) is 0 Å². The lowest BCUT2D eigenvalue weighted by Crippen LogP contribution is -1.92. The molecule has 0 unspecified atom stereocenters. The van der Waals surface area contributed by atoms with Gasteiger partial charge >= 0.3 is 5.97 Å². The van der Waals surface area contributed by atoms with Crippen LogP contribution >= 0.6 is 0 Å². The van der Waals surface area contributed by atoms with Gasteiger partial charge < -0.3 is 9.72 Å². The minimum atomic E-state index is -0.354. The van der Waals surface area contributed by atoms with Crippen LogP contribution in [0.1, 0.15) is 5.56 Å². The van der Waals surface area contributed by atoms with Crippen LogP contribution < -0.4 is 0 Å². The molecule has 3 nitrogen and oxygen atoms in total. The maximum Gasteiger partial charge on any atom is 0.330 e. The summed E-state index contributed by atoms with van der Waals surface area (Å²) in [5.74, 6) is -0.354. The summed E-state index contributed by atoms with van der Waals surface area (Å²) >= 11 is 0. The number of nitrogens with one attached hydrogen (secondary N) is 1. The second-order valence-electron chi connectivity index (χ2n) is 3.53. The van der Waals surface area contributed by atoms with Gasteiger partial charge in [-0.05, 0) is 17.0 Å². The van der Waals surface area contributed by atoms with Crippen molar-refractivity contribution in [2.24, 2.45) is 0 Å². The van der Waals surface area contributed by atoms with Crippen molar-refractivity contribution in [1.29, 1.82) is 0 Å². The number of rotatable bonds is 3. The fourth-order valence-corrected chi connectivity index (χ4v) is 1.61. The molecule has 0 aliphatic rings. The predicted octanol–water partition coefficient (Wildman–Crippen LogP) is 2.91. The van der Waals surface area contributed by atoms with Crippen LogP contribution in [0.4, 0.5) is 0 Å². The summed E-state index contributed by atoms with van der Waals surface area (Å²) in [6, 6.07) is 8.09. The monoisotopic (exact) mass is 227 g/mol. The van der Waals surface area contributed by atoms with Gasteiger partial charge in [0, 0.05) is 12.3 Å². The van der Waals surface area contributed by atoms with Crippen LogP contribution in [-0.4, -0.2) is 18.1 Å². The van der Waals surface area contributed by atoms with E-state index in [1.54, 1.807) is 6.08 Å². The van der Waals surface area contributed by atoms with E-state index in [-0.39, 0.29) is 5.97 Å². The zero-order valence-electron chi connectivity index (χ0n) is 9.51. The van der Waals surface area contributed by atoms with E-state index in [0.29, 0.717) is 0 Å². The molecule has 0 atom stereocenters. The average molecular weight is 227 g/mol. The fraction of sp³-hybridized carbons (Fsp3) is 0.0714. The van der Waals surface area contributed by atoms with Crippen molar-refractivity contribution >= 4 is 22.9 Å². The molecule has 86 valence electrons. The fourth-order valence-electron chi connectivity index (χ4n) is 1.61. The lowest BCUT2D eigenvalue weighted by Gasteiger charge is -1.95. The summed E-state index contributed by atoms with van der Waals surface area (Å²) in [7, 11) is 1.36. The van der Waals surface area contributed by atoms with Gasteiger partial charge in [-0.25, -0.2) is 4.79 Å². The minimum absolute atomic E-state index is 0.354. The van der Waals surface area contributed by atoms with Crippen LogP contribution in [-0.2, 0) is 9.53 Å². The molecule has 1 aromatic carbocycles. The summed E-state index contributed by atoms with van der Waals surface area (Å²) in [6.07, 6.45) is 8.70. The quantitative estimate of drug-likeness (QED) is 0.497. The Balaban J connectivity index is 2.18. The third-order valence-corrected chi connectivity index (χ3v) is 2.44. The number of hydrogen-bond donors (Lipinski definition) is 1. The minimum Gasteiger partial charge on any atom is -0.466 e. The number of carbonyl (C=O) groups excluding carboxylic acids is 1. The number of fused-ring (bicyclic) bond motifs is 1. The Morgan fingerprint density at radius 3 is 3.00 bits per heavy atom. The van der Waals surface area contributed by atoms with Crippen molar-refractivity contribution in [3.05, 3.63) is 54.3 Å². The number of esters is 1. The third kappa shape index (κ3) is 2.64. The van der Waals surface area contributed by atoms with Gasteiger partial charge in [0.2, 0.25) is 0 Å². The molecule has 2 aromatic rings. The largest absolute Gasteiger partial charge is 0.466 e. The van der Waals surface area contributed by atoms with Gasteiger partial charge in [-0.2, -0.15) is 0 Å². The first-order valence-electron chi connectivity index (χ1n) is 5.30. The molecule has 0 fully saturated rings. The SMILES string of the molecule is COC(=O)C=CC=Cc1cccc2cc[nH]c12. The molecule has 0 saturated carbocycles. The van der Waals surface area contributed by atoms with Gasteiger partial charge in [0.05, 0.1) is 12.6 Å². The summed E-state index contributed by atoms with van der Waals surface area (Å²) in [5, 5.41) is 1.17. The van der Waals surface area contributed by atoms with Gasteiger partial charge in [0.25, 0.3) is 0 Å². The number of allylic oxidation sites excluding steroid dienone is 2. The normalized spacial score (nSPS) is 11.6. The number of ether oxygens (including phenoxy) is 1. The van der Waals surface area contributed by atoms with Crippen LogP contribution in [0.25, 0.3) is 17.0 Å². The number of aromatic amines is 1. The Hall–Kier alpha value is -2.29. The summed E-state index contributed by atoms with van der Waals surface area (Å²) in [5.41, 5.74) is 2.18. The Morgan fingerprint density at radius 2 is 2.18 bits per heavy atom. The molecule has 0 aliphatic carbocycles. The van der Waals surface area contributed by atoms with E-state index < -0.39 is 0 Å². The average Bonchev–Trinajstić information content (AvgIpc) is 2.83. The van der Waals surface area contributed by atoms with E-state index >= 15 is 0 Å². The van der Waals surface area contributed by atoms with E-state index in [4.69, 9.17) is 0 Å². The predicted molar refractivity (Wildman–Crippen MR) is 68.5 cm³/mol. The molecule has 17 heavy (non-hydrogen) atoms. The molecule has 0 bridgehead atoms. The van der Waals surface area contributed by atoms with Crippen LogP contribution in [0.2, 0.25) is 0 Å². The maximum atomic E-state index is 10.8. The lowest BCUT2D eigenvalue weighted by molar-refractivity contribution is -0.134. The summed E-state index contributed by atoms with van der Waals surface area (Å²) in [6.45, 7) is 0. The van der Waals surface area contributed by atoms with Crippen LogP contribution in [0.5, 0.6) is 0 Å². The number of hydrogen-bond acceptors (Lipinski definition) is 2. The number of aromatic nitrogens is 1. The molecule has 2 rings (SSSR count). The summed E-state index contributed by atoms with van der Waals surface area (Å²) < 4.78 is 4.49. The highest BCUT2D eigenvalue weighted by Gasteiger charge is 1.96. The van der Waals surface area contributed by atoms with Crippen molar-refractivity contribution in [1.82, 2.24) is 4.98 Å². The Kier molecular flexibility index (Phi) is 3.40. The van der Waals surface area contributed by atoms with E-state index in [1.165, 1.54) is 18.6 Å². The summed E-state index contributed by atoms with van der Waals surface area (Å²) in [4.78, 5) is 14.0. The number of methoxy groups -OCH3 is 1. The van der Waals surface area contributed by atoms with Crippen molar-refractivity contribution in [3.63, 3.8) is 0 Å². The standard InChI is InChI=1S/C14H13NO2/c1-17-13(16)8-3-2-5-11-6-4-7-12-9-10-15-14(11)12/h2-10,15H,1H3. The van der Waals surface area contributed by atoms with E-state index in [9.17, 15) is 4.79 Å². The number of benzene rings is 1. The molecule has 0 amide bonds. The first-order valence-corrected chi connectivity index (χ1v) is 5.30. The van der Waals surface area contributed by atoms with Crippen LogP contribution in [0.3, 0.4) is 0 Å². The number of para-hydroxylation sites is 1. The molecule has 1 N–H and O–H groups in total. The zero-order valence-corrected chi connectivity index (χ0v) is 9.51. The van der Waals surface area contributed by atoms with Crippen molar-refractivity contribution in [2.45, 2.75) is 0 Å². The smallest absolute Gasteiger partial charge is 0.330 e. The molecule has 1 aromatic heterocycles. The van der Waals surface area contributed by atoms with E-state index in [1.807, 2.05) is 42.6 Å². The van der Waals surface area contributed by atoms with E-state index in [2.05, 4.69) is 9.72 Å². The number of carbonyl (C=O) groups is 1. The van der Waals surface area contributed by atoms with Crippen LogP contribution in [0, 0.1) is 0 Å². The molecule has 0 aliphatic heterocycles. The Bertz CT molecular complexity index is 579. The van der Waals surface area contributed by atoms with Gasteiger partial charge in [-0.1, -0.05) is 36.4 Å². The van der Waals surface area contributed by atoms with Gasteiger partial charge in [0.1, 0.15) is 0 Å². The number of H-pyrrole nitrogens is 1. The molecule has 0 radical (unpaired) electrons. The van der Waals surface area contributed by atoms with Crippen molar-refractivity contribution in [3.8, 4) is 0 Å². The highest BCUT2D eigenvalue weighted by molar-refractivity contribution is 5.88. The van der Waals surface area contributed by atoms with Gasteiger partial charge in [-0.15, -0.1) is 0 Å². The van der Waals surface area contributed by atoms with Crippen molar-refractivity contribution < 1.29 is 9.53 Å². The molecule has 0 saturated heterocycles. The molecular weight excluding hydrogens is 214 g/mol. The zero-order chi connectivity index (χ0) is 12.1. The topological polar surface area (TPSA) is 42.1 Å². The second kappa shape index (κ2) is 5.16. The van der Waals surface area contributed by atoms with Crippen molar-refractivity contribution in [2.75, 3.05) is 7.11 Å². The highest BCUT2D eigenvalue weighted by Crippen LogP contribution is 2.17. The first-order chi connectivity index (χ1) is 8.31. The molecule has 3 heteroatoms. The molecule has 1 heterocycles.